The van der Waals surface area contributed by atoms with E-state index in [0.29, 0.717) is 25.1 Å². The van der Waals surface area contributed by atoms with Crippen LogP contribution >= 0.6 is 0 Å². The van der Waals surface area contributed by atoms with E-state index in [1.54, 1.807) is 11.2 Å². The molecule has 116 valence electrons. The SMILES string of the molecule is CCC(C)C1NC(=O)CCN(C(C)CCS(C)=O)C1=O. The van der Waals surface area contributed by atoms with Gasteiger partial charge in [-0.05, 0) is 19.3 Å². The molecule has 5 nitrogen and oxygen atoms in total. The molecule has 1 aliphatic heterocycles. The lowest BCUT2D eigenvalue weighted by Gasteiger charge is -2.31. The fraction of sp³-hybridized carbons (Fsp3) is 0.857. The number of carbonyl (C=O) groups is 2. The molecular formula is C14H26N2O3S. The Labute approximate surface area is 123 Å². The van der Waals surface area contributed by atoms with Crippen molar-refractivity contribution in [3.63, 3.8) is 0 Å². The summed E-state index contributed by atoms with van der Waals surface area (Å²) in [4.78, 5) is 26.1. The standard InChI is InChI=1S/C14H26N2O3S/c1-5-10(2)13-14(18)16(8-6-12(17)15-13)11(3)7-9-20(4)19/h10-11,13H,5-9H2,1-4H3,(H,15,17). The monoisotopic (exact) mass is 302 g/mol. The summed E-state index contributed by atoms with van der Waals surface area (Å²) in [5.74, 6) is 0.650. The Hall–Kier alpha value is -0.910. The summed E-state index contributed by atoms with van der Waals surface area (Å²) in [6, 6.07) is -0.407. The van der Waals surface area contributed by atoms with Crippen molar-refractivity contribution >= 4 is 22.6 Å². The van der Waals surface area contributed by atoms with Crippen LogP contribution in [0, 0.1) is 5.92 Å². The van der Waals surface area contributed by atoms with Crippen LogP contribution in [0.4, 0.5) is 0 Å². The van der Waals surface area contributed by atoms with Gasteiger partial charge in [0.15, 0.2) is 0 Å². The lowest BCUT2D eigenvalue weighted by molar-refractivity contribution is -0.136. The van der Waals surface area contributed by atoms with Gasteiger partial charge in [-0.3, -0.25) is 13.8 Å². The van der Waals surface area contributed by atoms with E-state index in [1.807, 2.05) is 20.8 Å². The first kappa shape index (κ1) is 17.1. The molecule has 0 bridgehead atoms. The van der Waals surface area contributed by atoms with Gasteiger partial charge in [0.1, 0.15) is 6.04 Å². The molecule has 0 aromatic carbocycles. The highest BCUT2D eigenvalue weighted by Gasteiger charge is 2.34. The molecule has 0 aliphatic carbocycles. The molecule has 20 heavy (non-hydrogen) atoms. The second-order valence-corrected chi connectivity index (χ2v) is 7.18. The lowest BCUT2D eigenvalue weighted by atomic mass is 9.97. The minimum Gasteiger partial charge on any atom is -0.344 e. The largest absolute Gasteiger partial charge is 0.344 e. The van der Waals surface area contributed by atoms with E-state index >= 15 is 0 Å². The first-order valence-corrected chi connectivity index (χ1v) is 8.99. The average Bonchev–Trinajstić information content (AvgIpc) is 2.55. The van der Waals surface area contributed by atoms with Gasteiger partial charge < -0.3 is 10.2 Å². The fourth-order valence-corrected chi connectivity index (χ4v) is 3.04. The van der Waals surface area contributed by atoms with Crippen molar-refractivity contribution in [3.8, 4) is 0 Å². The third kappa shape index (κ3) is 4.58. The van der Waals surface area contributed by atoms with E-state index in [-0.39, 0.29) is 23.8 Å². The van der Waals surface area contributed by atoms with Crippen LogP contribution in [0.2, 0.25) is 0 Å². The zero-order chi connectivity index (χ0) is 15.3. The smallest absolute Gasteiger partial charge is 0.245 e. The number of rotatable bonds is 6. The van der Waals surface area contributed by atoms with Crippen molar-refractivity contribution in [1.82, 2.24) is 10.2 Å². The van der Waals surface area contributed by atoms with Crippen molar-refractivity contribution in [2.24, 2.45) is 5.92 Å². The molecule has 1 saturated heterocycles. The predicted octanol–water partition coefficient (Wildman–Crippen LogP) is 0.907. The molecule has 0 aromatic heterocycles. The highest BCUT2D eigenvalue weighted by atomic mass is 32.2. The molecule has 0 saturated carbocycles. The highest BCUT2D eigenvalue weighted by Crippen LogP contribution is 2.17. The summed E-state index contributed by atoms with van der Waals surface area (Å²) in [7, 11) is -0.853. The molecule has 2 amide bonds. The molecule has 1 heterocycles. The third-order valence-electron chi connectivity index (χ3n) is 4.01. The molecular weight excluding hydrogens is 276 g/mol. The minimum absolute atomic E-state index is 0.000384. The number of nitrogens with zero attached hydrogens (tertiary/aromatic N) is 1. The number of amides is 2. The number of carbonyl (C=O) groups excluding carboxylic acids is 2. The predicted molar refractivity (Wildman–Crippen MR) is 80.7 cm³/mol. The van der Waals surface area contributed by atoms with Crippen LogP contribution in [0.25, 0.3) is 0 Å². The Balaban J connectivity index is 2.80. The maximum absolute atomic E-state index is 12.6. The van der Waals surface area contributed by atoms with Crippen LogP contribution in [-0.2, 0) is 20.4 Å². The van der Waals surface area contributed by atoms with Crippen molar-refractivity contribution in [1.29, 1.82) is 0 Å². The van der Waals surface area contributed by atoms with Gasteiger partial charge in [0, 0.05) is 41.8 Å². The summed E-state index contributed by atoms with van der Waals surface area (Å²) in [6.07, 6.45) is 3.57. The van der Waals surface area contributed by atoms with Gasteiger partial charge in [0.25, 0.3) is 0 Å². The minimum atomic E-state index is -0.853. The van der Waals surface area contributed by atoms with Crippen LogP contribution < -0.4 is 5.32 Å². The molecule has 0 spiro atoms. The zero-order valence-electron chi connectivity index (χ0n) is 12.8. The van der Waals surface area contributed by atoms with Gasteiger partial charge >= 0.3 is 0 Å². The molecule has 1 aliphatic rings. The van der Waals surface area contributed by atoms with Crippen LogP contribution in [0.15, 0.2) is 0 Å². The van der Waals surface area contributed by atoms with E-state index < -0.39 is 16.8 Å². The van der Waals surface area contributed by atoms with Crippen LogP contribution in [-0.4, -0.2) is 51.6 Å². The van der Waals surface area contributed by atoms with Gasteiger partial charge in [-0.15, -0.1) is 0 Å². The van der Waals surface area contributed by atoms with Crippen molar-refractivity contribution in [2.75, 3.05) is 18.6 Å². The van der Waals surface area contributed by atoms with Crippen molar-refractivity contribution in [2.45, 2.75) is 52.1 Å². The Morgan fingerprint density at radius 3 is 2.60 bits per heavy atom. The van der Waals surface area contributed by atoms with Crippen LogP contribution in [0.1, 0.15) is 40.0 Å². The van der Waals surface area contributed by atoms with Crippen molar-refractivity contribution in [3.05, 3.63) is 0 Å². The Bertz CT molecular complexity index is 387. The first-order chi connectivity index (χ1) is 9.36. The summed E-state index contributed by atoms with van der Waals surface area (Å²) < 4.78 is 11.2. The highest BCUT2D eigenvalue weighted by molar-refractivity contribution is 7.84. The summed E-state index contributed by atoms with van der Waals surface area (Å²) >= 11 is 0. The molecule has 1 rings (SSSR count). The number of hydrogen-bond donors (Lipinski definition) is 1. The van der Waals surface area contributed by atoms with Crippen LogP contribution in [0.5, 0.6) is 0 Å². The van der Waals surface area contributed by atoms with Gasteiger partial charge in [-0.1, -0.05) is 20.3 Å². The normalized spacial score (nSPS) is 24.8. The average molecular weight is 302 g/mol. The van der Waals surface area contributed by atoms with E-state index in [9.17, 15) is 13.8 Å². The van der Waals surface area contributed by atoms with Crippen LogP contribution in [0.3, 0.4) is 0 Å². The topological polar surface area (TPSA) is 66.5 Å². The molecule has 4 unspecified atom stereocenters. The summed E-state index contributed by atoms with van der Waals surface area (Å²) in [5, 5.41) is 2.84. The Morgan fingerprint density at radius 2 is 2.05 bits per heavy atom. The van der Waals surface area contributed by atoms with Gasteiger partial charge in [0.05, 0.1) is 0 Å². The van der Waals surface area contributed by atoms with E-state index in [2.05, 4.69) is 5.32 Å². The van der Waals surface area contributed by atoms with E-state index in [4.69, 9.17) is 0 Å². The molecule has 0 aromatic rings. The molecule has 6 heteroatoms. The quantitative estimate of drug-likeness (QED) is 0.793. The maximum atomic E-state index is 12.6. The second-order valence-electron chi connectivity index (χ2n) is 5.63. The Morgan fingerprint density at radius 1 is 1.40 bits per heavy atom. The Kier molecular flexibility index (Phi) is 6.65. The second kappa shape index (κ2) is 7.76. The van der Waals surface area contributed by atoms with Gasteiger partial charge in [0.2, 0.25) is 11.8 Å². The molecule has 1 fully saturated rings. The third-order valence-corrected chi connectivity index (χ3v) is 4.82. The summed E-state index contributed by atoms with van der Waals surface area (Å²) in [5.41, 5.74) is 0. The van der Waals surface area contributed by atoms with E-state index in [0.717, 1.165) is 6.42 Å². The zero-order valence-corrected chi connectivity index (χ0v) is 13.7. The van der Waals surface area contributed by atoms with Crippen molar-refractivity contribution < 1.29 is 13.8 Å². The number of nitrogens with one attached hydrogen (secondary N) is 1. The molecule has 4 atom stereocenters. The number of hydrogen-bond acceptors (Lipinski definition) is 3. The fourth-order valence-electron chi connectivity index (χ4n) is 2.37. The van der Waals surface area contributed by atoms with E-state index in [1.165, 1.54) is 0 Å². The lowest BCUT2D eigenvalue weighted by Crippen LogP contribution is -2.50. The molecule has 0 radical (unpaired) electrons. The summed E-state index contributed by atoms with van der Waals surface area (Å²) in [6.45, 7) is 6.42. The maximum Gasteiger partial charge on any atom is 0.245 e. The first-order valence-electron chi connectivity index (χ1n) is 7.26. The van der Waals surface area contributed by atoms with Gasteiger partial charge in [-0.25, -0.2) is 0 Å². The van der Waals surface area contributed by atoms with Gasteiger partial charge in [-0.2, -0.15) is 0 Å². The molecule has 1 N–H and O–H groups in total.